The van der Waals surface area contributed by atoms with Crippen LogP contribution < -0.4 is 5.56 Å². The largest absolute Gasteiger partial charge is 0.361 e. The average molecular weight is 500 g/mol. The fraction of sp³-hybridized carbons (Fsp3) is 0.115. The molecule has 6 rings (SSSR count). The molecule has 0 fully saturated rings. The number of aromatic amines is 2. The minimum atomic E-state index is -0.969. The number of rotatable bonds is 5. The second-order valence-electron chi connectivity index (χ2n) is 8.64. The summed E-state index contributed by atoms with van der Waals surface area (Å²) in [5.74, 6) is -1.61. The van der Waals surface area contributed by atoms with Gasteiger partial charge < -0.3 is 19.1 Å². The van der Waals surface area contributed by atoms with Gasteiger partial charge in [0.05, 0.1) is 23.3 Å². The van der Waals surface area contributed by atoms with Crippen LogP contribution in [0.4, 0.5) is 8.78 Å². The maximum absolute atomic E-state index is 14.2. The van der Waals surface area contributed by atoms with Gasteiger partial charge in [-0.15, -0.1) is 0 Å². The van der Waals surface area contributed by atoms with E-state index in [0.717, 1.165) is 29.0 Å². The van der Waals surface area contributed by atoms with E-state index in [2.05, 4.69) is 25.1 Å². The lowest BCUT2D eigenvalue weighted by molar-refractivity contribution is 0.103. The summed E-state index contributed by atoms with van der Waals surface area (Å²) in [5.41, 5.74) is 2.65. The molecule has 0 atom stereocenters. The number of ketones is 1. The lowest BCUT2D eigenvalue weighted by Crippen LogP contribution is -2.20. The Hall–Kier alpha value is -4.93. The van der Waals surface area contributed by atoms with E-state index in [4.69, 9.17) is 4.52 Å². The van der Waals surface area contributed by atoms with Crippen LogP contribution in [0.15, 0.2) is 58.2 Å². The highest BCUT2D eigenvalue weighted by molar-refractivity contribution is 6.16. The molecule has 37 heavy (non-hydrogen) atoms. The van der Waals surface area contributed by atoms with Gasteiger partial charge in [-0.2, -0.15) is 0 Å². The zero-order valence-electron chi connectivity index (χ0n) is 19.6. The number of halogens is 2. The van der Waals surface area contributed by atoms with Crippen LogP contribution in [0.3, 0.4) is 0 Å². The lowest BCUT2D eigenvalue weighted by Gasteiger charge is -2.05. The van der Waals surface area contributed by atoms with Crippen molar-refractivity contribution >= 4 is 27.9 Å². The maximum atomic E-state index is 14.2. The molecule has 0 bridgehead atoms. The Balaban J connectivity index is 1.34. The van der Waals surface area contributed by atoms with Crippen LogP contribution >= 0.6 is 0 Å². The molecule has 0 aliphatic rings. The van der Waals surface area contributed by atoms with Crippen LogP contribution in [0, 0.1) is 25.5 Å². The number of hydrogen-bond acceptors (Lipinski definition) is 6. The van der Waals surface area contributed by atoms with E-state index in [1.54, 1.807) is 12.3 Å². The molecule has 11 heteroatoms. The predicted octanol–water partition coefficient (Wildman–Crippen LogP) is 4.43. The lowest BCUT2D eigenvalue weighted by atomic mass is 10.0. The molecule has 0 aliphatic carbocycles. The standard InChI is InChI=1S/C26H18F2N6O3/c1-12-21(13(2)37-33-12)14-8-19-25(30-9-14)32-20(31-19)11-34-7-6-15-16(10-29-23(15)26(34)36)24(35)22-17(27)4-3-5-18(22)28/h3-10,29H,11H2,1-2H3,(H,30,31,32). The minimum absolute atomic E-state index is 0.00281. The molecule has 0 aliphatic heterocycles. The summed E-state index contributed by atoms with van der Waals surface area (Å²) >= 11 is 0. The Bertz CT molecular complexity index is 1870. The molecule has 0 saturated carbocycles. The van der Waals surface area contributed by atoms with Gasteiger partial charge in [0.1, 0.15) is 28.7 Å². The molecule has 0 spiro atoms. The van der Waals surface area contributed by atoms with E-state index in [9.17, 15) is 18.4 Å². The fourth-order valence-corrected chi connectivity index (χ4v) is 4.54. The molecule has 0 radical (unpaired) electrons. The second-order valence-corrected chi connectivity index (χ2v) is 8.64. The number of carbonyl (C=O) groups excluding carboxylic acids is 1. The number of carbonyl (C=O) groups is 1. The Morgan fingerprint density at radius 1 is 1.16 bits per heavy atom. The van der Waals surface area contributed by atoms with Gasteiger partial charge in [0, 0.05) is 40.7 Å². The highest BCUT2D eigenvalue weighted by Gasteiger charge is 2.23. The van der Waals surface area contributed by atoms with E-state index in [-0.39, 0.29) is 23.0 Å². The van der Waals surface area contributed by atoms with Crippen LogP contribution in [0.5, 0.6) is 0 Å². The van der Waals surface area contributed by atoms with E-state index in [0.29, 0.717) is 22.7 Å². The number of fused-ring (bicyclic) bond motifs is 2. The third-order valence-electron chi connectivity index (χ3n) is 6.28. The summed E-state index contributed by atoms with van der Waals surface area (Å²) in [6.45, 7) is 3.78. The minimum Gasteiger partial charge on any atom is -0.361 e. The molecule has 0 amide bonds. The van der Waals surface area contributed by atoms with Crippen molar-refractivity contribution in [3.63, 3.8) is 0 Å². The number of pyridine rings is 2. The molecule has 5 aromatic heterocycles. The van der Waals surface area contributed by atoms with Gasteiger partial charge >= 0.3 is 0 Å². The van der Waals surface area contributed by atoms with E-state index >= 15 is 0 Å². The van der Waals surface area contributed by atoms with Gasteiger partial charge in [0.25, 0.3) is 5.56 Å². The Morgan fingerprint density at radius 3 is 2.68 bits per heavy atom. The summed E-state index contributed by atoms with van der Waals surface area (Å²) in [6, 6.07) is 6.65. The SMILES string of the molecule is Cc1noc(C)c1-c1cnc2nc(Cn3ccc4c(C(=O)c5c(F)cccc5F)c[nH]c4c3=O)[nH]c2c1. The van der Waals surface area contributed by atoms with Gasteiger partial charge in [-0.3, -0.25) is 9.59 Å². The molecule has 184 valence electrons. The first-order chi connectivity index (χ1) is 17.8. The summed E-state index contributed by atoms with van der Waals surface area (Å²) in [6.07, 6.45) is 4.47. The molecule has 5 heterocycles. The van der Waals surface area contributed by atoms with Crippen LogP contribution in [0.1, 0.15) is 33.2 Å². The van der Waals surface area contributed by atoms with Crippen LogP contribution in [-0.4, -0.2) is 35.4 Å². The molecule has 0 unspecified atom stereocenters. The first kappa shape index (κ1) is 22.5. The maximum Gasteiger partial charge on any atom is 0.275 e. The number of imidazole rings is 1. The zero-order valence-corrected chi connectivity index (χ0v) is 19.6. The summed E-state index contributed by atoms with van der Waals surface area (Å²) in [7, 11) is 0. The van der Waals surface area contributed by atoms with Crippen molar-refractivity contribution in [3.05, 3.63) is 99.3 Å². The third-order valence-corrected chi connectivity index (χ3v) is 6.28. The summed E-state index contributed by atoms with van der Waals surface area (Å²) in [5, 5.41) is 4.25. The Morgan fingerprint density at radius 2 is 1.95 bits per heavy atom. The summed E-state index contributed by atoms with van der Waals surface area (Å²) in [4.78, 5) is 40.9. The van der Waals surface area contributed by atoms with Crippen LogP contribution in [0.25, 0.3) is 33.2 Å². The second kappa shape index (κ2) is 8.33. The van der Waals surface area contributed by atoms with E-state index in [1.165, 1.54) is 23.0 Å². The van der Waals surface area contributed by atoms with Crippen molar-refractivity contribution < 1.29 is 18.1 Å². The van der Waals surface area contributed by atoms with Gasteiger partial charge in [-0.1, -0.05) is 11.2 Å². The summed E-state index contributed by atoms with van der Waals surface area (Å²) < 4.78 is 35.0. The molecular formula is C26H18F2N6O3. The first-order valence-electron chi connectivity index (χ1n) is 11.3. The van der Waals surface area contributed by atoms with Crippen LogP contribution in [0.2, 0.25) is 0 Å². The van der Waals surface area contributed by atoms with Crippen molar-refractivity contribution in [2.75, 3.05) is 0 Å². The van der Waals surface area contributed by atoms with Gasteiger partial charge in [0.2, 0.25) is 5.78 Å². The smallest absolute Gasteiger partial charge is 0.275 e. The highest BCUT2D eigenvalue weighted by Crippen LogP contribution is 2.28. The van der Waals surface area contributed by atoms with Gasteiger partial charge in [-0.25, -0.2) is 18.7 Å². The molecule has 1 aromatic carbocycles. The number of aromatic nitrogens is 6. The molecular weight excluding hydrogens is 482 g/mol. The van der Waals surface area contributed by atoms with Crippen LogP contribution in [-0.2, 0) is 6.54 Å². The molecule has 6 aromatic rings. The zero-order chi connectivity index (χ0) is 25.8. The van der Waals surface area contributed by atoms with Gasteiger partial charge in [0.15, 0.2) is 5.65 Å². The van der Waals surface area contributed by atoms with E-state index < -0.39 is 28.5 Å². The number of nitrogens with one attached hydrogen (secondary N) is 2. The quantitative estimate of drug-likeness (QED) is 0.338. The molecule has 0 saturated heterocycles. The van der Waals surface area contributed by atoms with Crippen molar-refractivity contribution in [1.82, 2.24) is 29.7 Å². The number of hydrogen-bond donors (Lipinski definition) is 2. The van der Waals surface area contributed by atoms with E-state index in [1.807, 2.05) is 19.9 Å². The van der Waals surface area contributed by atoms with Gasteiger partial charge in [-0.05, 0) is 38.1 Å². The fourth-order valence-electron chi connectivity index (χ4n) is 4.54. The third kappa shape index (κ3) is 3.63. The Labute approximate surface area is 206 Å². The predicted molar refractivity (Wildman–Crippen MR) is 130 cm³/mol. The molecule has 2 N–H and O–H groups in total. The monoisotopic (exact) mass is 500 g/mol. The first-order valence-corrected chi connectivity index (χ1v) is 11.3. The van der Waals surface area contributed by atoms with Crippen molar-refractivity contribution in [3.8, 4) is 11.1 Å². The normalized spacial score (nSPS) is 11.6. The number of H-pyrrole nitrogens is 2. The topological polar surface area (TPSA) is 122 Å². The average Bonchev–Trinajstić information content (AvgIpc) is 3.56. The number of aryl methyl sites for hydroxylation is 2. The highest BCUT2D eigenvalue weighted by atomic mass is 19.1. The van der Waals surface area contributed by atoms with Crippen molar-refractivity contribution in [2.45, 2.75) is 20.4 Å². The van der Waals surface area contributed by atoms with Crippen molar-refractivity contribution in [2.24, 2.45) is 0 Å². The van der Waals surface area contributed by atoms with Crippen molar-refractivity contribution in [1.29, 1.82) is 0 Å². The Kier molecular flexibility index (Phi) is 5.07. The number of benzene rings is 1. The number of nitrogens with zero attached hydrogens (tertiary/aromatic N) is 4. The molecule has 9 nitrogen and oxygen atoms in total.